The van der Waals surface area contributed by atoms with Crippen LogP contribution in [0.1, 0.15) is 11.6 Å². The standard InChI is InChI=1S/C12H15Cl2NO2/c1-15-12(11-7-16-4-5-17-11)9-3-2-8(13)6-10(9)14/h2-3,6,11-12,15H,4-5,7H2,1H3. The fourth-order valence-corrected chi connectivity index (χ4v) is 2.52. The molecule has 1 heterocycles. The molecule has 1 saturated heterocycles. The molecule has 1 N–H and O–H groups in total. The Morgan fingerprint density at radius 1 is 1.35 bits per heavy atom. The van der Waals surface area contributed by atoms with Crippen LogP contribution in [0.3, 0.4) is 0 Å². The van der Waals surface area contributed by atoms with Gasteiger partial charge in [0.2, 0.25) is 0 Å². The molecule has 0 aromatic heterocycles. The number of hydrogen-bond acceptors (Lipinski definition) is 3. The molecule has 17 heavy (non-hydrogen) atoms. The zero-order valence-corrected chi connectivity index (χ0v) is 11.1. The Bertz CT molecular complexity index is 381. The molecular formula is C12H15Cl2NO2. The Morgan fingerprint density at radius 3 is 2.76 bits per heavy atom. The predicted octanol–water partition coefficient (Wildman–Crippen LogP) is 2.67. The first-order valence-corrected chi connectivity index (χ1v) is 6.29. The van der Waals surface area contributed by atoms with E-state index in [1.54, 1.807) is 6.07 Å². The topological polar surface area (TPSA) is 30.5 Å². The minimum absolute atomic E-state index is 0.0140. The minimum atomic E-state index is -0.0209. The van der Waals surface area contributed by atoms with Crippen molar-refractivity contribution in [2.24, 2.45) is 0 Å². The summed E-state index contributed by atoms with van der Waals surface area (Å²) >= 11 is 12.1. The average molecular weight is 276 g/mol. The van der Waals surface area contributed by atoms with Crippen molar-refractivity contribution in [1.29, 1.82) is 0 Å². The smallest absolute Gasteiger partial charge is 0.100 e. The monoisotopic (exact) mass is 275 g/mol. The lowest BCUT2D eigenvalue weighted by molar-refractivity contribution is -0.101. The van der Waals surface area contributed by atoms with E-state index in [-0.39, 0.29) is 12.1 Å². The Kier molecular flexibility index (Phi) is 4.65. The van der Waals surface area contributed by atoms with Gasteiger partial charge in [-0.25, -0.2) is 0 Å². The van der Waals surface area contributed by atoms with Crippen LogP contribution in [0.15, 0.2) is 18.2 Å². The Balaban J connectivity index is 2.21. The van der Waals surface area contributed by atoms with Gasteiger partial charge in [0.1, 0.15) is 6.10 Å². The van der Waals surface area contributed by atoms with Crippen molar-refractivity contribution in [1.82, 2.24) is 5.32 Å². The molecule has 1 aromatic rings. The van der Waals surface area contributed by atoms with Crippen LogP contribution in [0.2, 0.25) is 10.0 Å². The van der Waals surface area contributed by atoms with Gasteiger partial charge in [-0.2, -0.15) is 0 Å². The van der Waals surface area contributed by atoms with Gasteiger partial charge in [-0.3, -0.25) is 0 Å². The van der Waals surface area contributed by atoms with E-state index in [0.717, 1.165) is 5.56 Å². The molecule has 1 aromatic carbocycles. The van der Waals surface area contributed by atoms with E-state index in [0.29, 0.717) is 29.9 Å². The lowest BCUT2D eigenvalue weighted by atomic mass is 10.0. The van der Waals surface area contributed by atoms with Gasteiger partial charge in [0.25, 0.3) is 0 Å². The van der Waals surface area contributed by atoms with Crippen molar-refractivity contribution in [3.05, 3.63) is 33.8 Å². The maximum atomic E-state index is 6.20. The van der Waals surface area contributed by atoms with Crippen LogP contribution in [-0.2, 0) is 9.47 Å². The van der Waals surface area contributed by atoms with E-state index in [1.165, 1.54) is 0 Å². The summed E-state index contributed by atoms with van der Waals surface area (Å²) in [5.41, 5.74) is 0.981. The summed E-state index contributed by atoms with van der Waals surface area (Å²) in [5.74, 6) is 0. The van der Waals surface area contributed by atoms with E-state index >= 15 is 0 Å². The average Bonchev–Trinajstić information content (AvgIpc) is 2.34. The summed E-state index contributed by atoms with van der Waals surface area (Å²) in [6, 6.07) is 5.51. The van der Waals surface area contributed by atoms with Gasteiger partial charge < -0.3 is 14.8 Å². The molecule has 94 valence electrons. The Morgan fingerprint density at radius 2 is 2.18 bits per heavy atom. The van der Waals surface area contributed by atoms with E-state index in [2.05, 4.69) is 5.32 Å². The molecule has 1 fully saturated rings. The van der Waals surface area contributed by atoms with Crippen LogP contribution < -0.4 is 5.32 Å². The summed E-state index contributed by atoms with van der Waals surface area (Å²) in [4.78, 5) is 0. The highest BCUT2D eigenvalue weighted by Crippen LogP contribution is 2.29. The molecule has 1 aliphatic rings. The highest BCUT2D eigenvalue weighted by molar-refractivity contribution is 6.35. The van der Waals surface area contributed by atoms with Crippen molar-refractivity contribution in [3.8, 4) is 0 Å². The Hall–Kier alpha value is -0.320. The highest BCUT2D eigenvalue weighted by atomic mass is 35.5. The highest BCUT2D eigenvalue weighted by Gasteiger charge is 2.26. The van der Waals surface area contributed by atoms with Crippen LogP contribution in [0.4, 0.5) is 0 Å². The summed E-state index contributed by atoms with van der Waals surface area (Å²) in [6.45, 7) is 1.85. The van der Waals surface area contributed by atoms with Crippen molar-refractivity contribution in [3.63, 3.8) is 0 Å². The normalized spacial score (nSPS) is 22.4. The van der Waals surface area contributed by atoms with Crippen LogP contribution in [0.25, 0.3) is 0 Å². The number of nitrogens with one attached hydrogen (secondary N) is 1. The lowest BCUT2D eigenvalue weighted by Gasteiger charge is -2.31. The van der Waals surface area contributed by atoms with Crippen molar-refractivity contribution >= 4 is 23.2 Å². The van der Waals surface area contributed by atoms with Gasteiger partial charge in [-0.1, -0.05) is 29.3 Å². The third-order valence-electron chi connectivity index (χ3n) is 2.82. The molecule has 0 radical (unpaired) electrons. The summed E-state index contributed by atoms with van der Waals surface area (Å²) < 4.78 is 11.1. The van der Waals surface area contributed by atoms with E-state index in [9.17, 15) is 0 Å². The molecule has 0 aliphatic carbocycles. The zero-order chi connectivity index (χ0) is 12.3. The molecule has 5 heteroatoms. The molecule has 0 amide bonds. The third-order valence-corrected chi connectivity index (χ3v) is 3.38. The minimum Gasteiger partial charge on any atom is -0.376 e. The molecular weight excluding hydrogens is 261 g/mol. The first kappa shape index (κ1) is 13.1. The lowest BCUT2D eigenvalue weighted by Crippen LogP contribution is -2.39. The third kappa shape index (κ3) is 3.12. The number of likely N-dealkylation sites (N-methyl/N-ethyl adjacent to an activating group) is 1. The molecule has 2 unspecified atom stereocenters. The summed E-state index contributed by atoms with van der Waals surface area (Å²) in [5, 5.41) is 4.49. The number of rotatable bonds is 3. The largest absolute Gasteiger partial charge is 0.376 e. The number of ether oxygens (including phenoxy) is 2. The molecule has 1 aliphatic heterocycles. The quantitative estimate of drug-likeness (QED) is 0.920. The SMILES string of the molecule is CNC(c1ccc(Cl)cc1Cl)C1COCCO1. The number of halogens is 2. The fourth-order valence-electron chi connectivity index (χ4n) is 1.99. The van der Waals surface area contributed by atoms with Crippen molar-refractivity contribution in [2.45, 2.75) is 12.1 Å². The first-order chi connectivity index (χ1) is 8.22. The Labute approximate surface area is 111 Å². The van der Waals surface area contributed by atoms with Crippen LogP contribution in [0.5, 0.6) is 0 Å². The second-order valence-electron chi connectivity index (χ2n) is 3.92. The molecule has 3 nitrogen and oxygen atoms in total. The van der Waals surface area contributed by atoms with E-state index in [1.807, 2.05) is 19.2 Å². The maximum absolute atomic E-state index is 6.20. The predicted molar refractivity (Wildman–Crippen MR) is 68.8 cm³/mol. The van der Waals surface area contributed by atoms with Crippen LogP contribution >= 0.6 is 23.2 Å². The van der Waals surface area contributed by atoms with Gasteiger partial charge in [0, 0.05) is 10.0 Å². The summed E-state index contributed by atoms with van der Waals surface area (Å²) in [6.07, 6.45) is -0.0209. The van der Waals surface area contributed by atoms with Gasteiger partial charge in [0.15, 0.2) is 0 Å². The van der Waals surface area contributed by atoms with Gasteiger partial charge in [-0.05, 0) is 24.7 Å². The molecule has 0 saturated carbocycles. The summed E-state index contributed by atoms with van der Waals surface area (Å²) in [7, 11) is 1.88. The van der Waals surface area contributed by atoms with Gasteiger partial charge in [0.05, 0.1) is 25.9 Å². The molecule has 2 atom stereocenters. The van der Waals surface area contributed by atoms with Gasteiger partial charge in [-0.15, -0.1) is 0 Å². The second-order valence-corrected chi connectivity index (χ2v) is 4.76. The van der Waals surface area contributed by atoms with Crippen molar-refractivity contribution < 1.29 is 9.47 Å². The van der Waals surface area contributed by atoms with E-state index < -0.39 is 0 Å². The zero-order valence-electron chi connectivity index (χ0n) is 9.58. The number of benzene rings is 1. The van der Waals surface area contributed by atoms with Gasteiger partial charge >= 0.3 is 0 Å². The molecule has 0 bridgehead atoms. The molecule has 0 spiro atoms. The second kappa shape index (κ2) is 6.03. The first-order valence-electron chi connectivity index (χ1n) is 5.54. The van der Waals surface area contributed by atoms with E-state index in [4.69, 9.17) is 32.7 Å². The van der Waals surface area contributed by atoms with Crippen LogP contribution in [-0.4, -0.2) is 33.0 Å². The van der Waals surface area contributed by atoms with Crippen molar-refractivity contribution in [2.75, 3.05) is 26.9 Å². The van der Waals surface area contributed by atoms with Crippen LogP contribution in [0, 0.1) is 0 Å². The molecule has 2 rings (SSSR count). The number of hydrogen-bond donors (Lipinski definition) is 1. The fraction of sp³-hybridized carbons (Fsp3) is 0.500. The maximum Gasteiger partial charge on any atom is 0.100 e.